The molecule has 1 unspecified atom stereocenters. The standard InChI is InChI=1S/C20H22BrF3N2O5S/c1-26-7-6-13(11-26)31-16-8-12(4-5-14(16)20(22,23)24)25-32(27,28)19-10-18(30-3)17(29-2)9-15(19)21/h4-5,8-10,13,25H,6-7,11H2,1-3H3. The van der Waals surface area contributed by atoms with Gasteiger partial charge in [0.05, 0.1) is 25.5 Å². The third kappa shape index (κ3) is 5.41. The smallest absolute Gasteiger partial charge is 0.419 e. The van der Waals surface area contributed by atoms with Crippen molar-refractivity contribution in [3.8, 4) is 17.2 Å². The second kappa shape index (κ2) is 9.36. The van der Waals surface area contributed by atoms with Crippen molar-refractivity contribution in [1.29, 1.82) is 0 Å². The van der Waals surface area contributed by atoms with Gasteiger partial charge < -0.3 is 19.1 Å². The molecule has 1 fully saturated rings. The Balaban J connectivity index is 1.95. The normalized spacial score (nSPS) is 17.3. The molecule has 1 saturated heterocycles. The average Bonchev–Trinajstić information content (AvgIpc) is 3.11. The van der Waals surface area contributed by atoms with Gasteiger partial charge in [0.15, 0.2) is 11.5 Å². The van der Waals surface area contributed by atoms with Crippen LogP contribution >= 0.6 is 15.9 Å². The summed E-state index contributed by atoms with van der Waals surface area (Å²) in [6, 6.07) is 5.57. The van der Waals surface area contributed by atoms with Gasteiger partial charge in [-0.2, -0.15) is 13.2 Å². The Kier molecular flexibility index (Phi) is 7.15. The first-order valence-electron chi connectivity index (χ1n) is 9.45. The largest absolute Gasteiger partial charge is 0.493 e. The molecule has 1 aliphatic heterocycles. The molecule has 7 nitrogen and oxygen atoms in total. The Morgan fingerprint density at radius 3 is 2.31 bits per heavy atom. The monoisotopic (exact) mass is 538 g/mol. The molecule has 1 N–H and O–H groups in total. The van der Waals surface area contributed by atoms with E-state index in [9.17, 15) is 21.6 Å². The summed E-state index contributed by atoms with van der Waals surface area (Å²) in [5.41, 5.74) is -1.04. The van der Waals surface area contributed by atoms with Crippen molar-refractivity contribution in [3.63, 3.8) is 0 Å². The number of hydrogen-bond donors (Lipinski definition) is 1. The number of ether oxygens (including phenoxy) is 3. The fourth-order valence-corrected chi connectivity index (χ4v) is 5.43. The Morgan fingerprint density at radius 2 is 1.75 bits per heavy atom. The fourth-order valence-electron chi connectivity index (χ4n) is 3.34. The Bertz CT molecular complexity index is 1100. The van der Waals surface area contributed by atoms with Crippen molar-refractivity contribution in [2.45, 2.75) is 23.6 Å². The van der Waals surface area contributed by atoms with Crippen LogP contribution < -0.4 is 18.9 Å². The Morgan fingerprint density at radius 1 is 1.09 bits per heavy atom. The number of alkyl halides is 3. The summed E-state index contributed by atoms with van der Waals surface area (Å²) in [7, 11) is 0.429. The molecule has 1 heterocycles. The maximum atomic E-state index is 13.5. The SMILES string of the molecule is COc1cc(Br)c(S(=O)(=O)Nc2ccc(C(F)(F)F)c(OC3CCN(C)C3)c2)cc1OC. The fraction of sp³-hybridized carbons (Fsp3) is 0.400. The lowest BCUT2D eigenvalue weighted by Gasteiger charge is -2.20. The van der Waals surface area contributed by atoms with Gasteiger partial charge in [-0.1, -0.05) is 0 Å². The lowest BCUT2D eigenvalue weighted by Crippen LogP contribution is -2.23. The van der Waals surface area contributed by atoms with E-state index in [4.69, 9.17) is 14.2 Å². The molecule has 12 heteroatoms. The molecule has 32 heavy (non-hydrogen) atoms. The molecule has 1 aliphatic rings. The molecule has 0 aliphatic carbocycles. The van der Waals surface area contributed by atoms with Gasteiger partial charge in [0, 0.05) is 29.7 Å². The van der Waals surface area contributed by atoms with Crippen LogP contribution in [0.2, 0.25) is 0 Å². The third-order valence-corrected chi connectivity index (χ3v) is 7.25. The average molecular weight is 539 g/mol. The molecular formula is C20H22BrF3N2O5S. The van der Waals surface area contributed by atoms with Gasteiger partial charge in [0.25, 0.3) is 10.0 Å². The van der Waals surface area contributed by atoms with Crippen LogP contribution in [0, 0.1) is 0 Å². The molecule has 0 bridgehead atoms. The summed E-state index contributed by atoms with van der Waals surface area (Å²) in [4.78, 5) is 1.77. The van der Waals surface area contributed by atoms with Gasteiger partial charge in [0.1, 0.15) is 16.7 Å². The van der Waals surface area contributed by atoms with Crippen molar-refractivity contribution in [2.75, 3.05) is 39.1 Å². The molecule has 1 atom stereocenters. The molecule has 0 radical (unpaired) electrons. The first kappa shape index (κ1) is 24.5. The van der Waals surface area contributed by atoms with Crippen LogP contribution in [0.1, 0.15) is 12.0 Å². The van der Waals surface area contributed by atoms with E-state index in [1.165, 1.54) is 26.4 Å². The molecule has 2 aromatic rings. The maximum absolute atomic E-state index is 13.5. The number of likely N-dealkylation sites (N-methyl/N-ethyl adjacent to an activating group) is 1. The topological polar surface area (TPSA) is 77.1 Å². The summed E-state index contributed by atoms with van der Waals surface area (Å²) >= 11 is 3.18. The summed E-state index contributed by atoms with van der Waals surface area (Å²) in [5, 5.41) is 0. The highest BCUT2D eigenvalue weighted by atomic mass is 79.9. The van der Waals surface area contributed by atoms with Crippen LogP contribution in [-0.4, -0.2) is 53.8 Å². The highest BCUT2D eigenvalue weighted by Gasteiger charge is 2.36. The van der Waals surface area contributed by atoms with Gasteiger partial charge in [-0.15, -0.1) is 0 Å². The summed E-state index contributed by atoms with van der Waals surface area (Å²) in [5.74, 6) is 0.0623. The molecule has 176 valence electrons. The first-order valence-corrected chi connectivity index (χ1v) is 11.7. The van der Waals surface area contributed by atoms with E-state index in [1.807, 2.05) is 11.9 Å². The van der Waals surface area contributed by atoms with Crippen LogP contribution in [0.25, 0.3) is 0 Å². The van der Waals surface area contributed by atoms with Crippen LogP contribution in [0.5, 0.6) is 17.2 Å². The quantitative estimate of drug-likeness (QED) is 0.564. The first-order chi connectivity index (χ1) is 14.9. The lowest BCUT2D eigenvalue weighted by atomic mass is 10.1. The second-order valence-corrected chi connectivity index (χ2v) is 9.75. The van der Waals surface area contributed by atoms with Crippen LogP contribution in [-0.2, 0) is 16.2 Å². The highest BCUT2D eigenvalue weighted by molar-refractivity contribution is 9.10. The van der Waals surface area contributed by atoms with Crippen molar-refractivity contribution < 1.29 is 35.8 Å². The Hall–Kier alpha value is -2.18. The van der Waals surface area contributed by atoms with Gasteiger partial charge >= 0.3 is 6.18 Å². The summed E-state index contributed by atoms with van der Waals surface area (Å²) in [6.45, 7) is 1.18. The molecule has 2 aromatic carbocycles. The number of halogens is 4. The van der Waals surface area contributed by atoms with E-state index in [1.54, 1.807) is 0 Å². The van der Waals surface area contributed by atoms with E-state index in [2.05, 4.69) is 20.7 Å². The van der Waals surface area contributed by atoms with Crippen molar-refractivity contribution in [1.82, 2.24) is 4.90 Å². The highest BCUT2D eigenvalue weighted by Crippen LogP contribution is 2.40. The van der Waals surface area contributed by atoms with E-state index in [0.29, 0.717) is 25.3 Å². The number of nitrogens with zero attached hydrogens (tertiary/aromatic N) is 1. The number of methoxy groups -OCH3 is 2. The molecular weight excluding hydrogens is 517 g/mol. The number of anilines is 1. The Labute approximate surface area is 192 Å². The molecule has 0 amide bonds. The number of likely N-dealkylation sites (tertiary alicyclic amines) is 1. The zero-order valence-electron chi connectivity index (χ0n) is 17.5. The molecule has 0 saturated carbocycles. The number of hydrogen-bond acceptors (Lipinski definition) is 6. The van der Waals surface area contributed by atoms with Crippen LogP contribution in [0.4, 0.5) is 18.9 Å². The zero-order valence-corrected chi connectivity index (χ0v) is 19.9. The zero-order chi connectivity index (χ0) is 23.7. The van der Waals surface area contributed by atoms with Crippen LogP contribution in [0.15, 0.2) is 39.7 Å². The van der Waals surface area contributed by atoms with E-state index in [-0.39, 0.29) is 20.8 Å². The van der Waals surface area contributed by atoms with E-state index in [0.717, 1.165) is 18.2 Å². The van der Waals surface area contributed by atoms with Gasteiger partial charge in [-0.3, -0.25) is 4.72 Å². The minimum absolute atomic E-state index is 0.0685. The van der Waals surface area contributed by atoms with Crippen molar-refractivity contribution >= 4 is 31.6 Å². The number of sulfonamides is 1. The van der Waals surface area contributed by atoms with Crippen molar-refractivity contribution in [3.05, 3.63) is 40.4 Å². The number of benzene rings is 2. The molecule has 0 aromatic heterocycles. The lowest BCUT2D eigenvalue weighted by molar-refractivity contribution is -0.139. The molecule has 0 spiro atoms. The van der Waals surface area contributed by atoms with E-state index >= 15 is 0 Å². The minimum atomic E-state index is -4.65. The number of rotatable bonds is 7. The van der Waals surface area contributed by atoms with Gasteiger partial charge in [-0.25, -0.2) is 8.42 Å². The van der Waals surface area contributed by atoms with Crippen LogP contribution in [0.3, 0.4) is 0 Å². The minimum Gasteiger partial charge on any atom is -0.493 e. The third-order valence-electron chi connectivity index (χ3n) is 4.91. The van der Waals surface area contributed by atoms with Gasteiger partial charge in [0.2, 0.25) is 0 Å². The molecule has 3 rings (SSSR count). The predicted octanol–water partition coefficient (Wildman–Crippen LogP) is 4.37. The van der Waals surface area contributed by atoms with Gasteiger partial charge in [-0.05, 0) is 47.6 Å². The second-order valence-electron chi connectivity index (χ2n) is 7.24. The summed E-state index contributed by atoms with van der Waals surface area (Å²) < 4.78 is 84.8. The predicted molar refractivity (Wildman–Crippen MR) is 116 cm³/mol. The summed E-state index contributed by atoms with van der Waals surface area (Å²) in [6.07, 6.45) is -4.50. The van der Waals surface area contributed by atoms with Crippen molar-refractivity contribution in [2.24, 2.45) is 0 Å². The maximum Gasteiger partial charge on any atom is 0.419 e. The number of nitrogens with one attached hydrogen (secondary N) is 1. The van der Waals surface area contributed by atoms with E-state index < -0.39 is 33.6 Å².